The van der Waals surface area contributed by atoms with E-state index in [1.807, 2.05) is 19.0 Å². The number of fused-ring (bicyclic) bond motifs is 1. The minimum atomic E-state index is -3.22. The van der Waals surface area contributed by atoms with Crippen LogP contribution in [0.3, 0.4) is 0 Å². The number of H-pyrrole nitrogens is 1. The smallest absolute Gasteiger partial charge is 0.355 e. The van der Waals surface area contributed by atoms with Crippen molar-refractivity contribution in [1.82, 2.24) is 14.8 Å². The van der Waals surface area contributed by atoms with Gasteiger partial charge in [-0.3, -0.25) is 4.79 Å². The number of carbonyl (C=O) groups excluding carboxylic acids is 2. The normalized spacial score (nSPS) is 26.4. The molecule has 0 unspecified atom stereocenters. The largest absolute Gasteiger partial charge is 0.461 e. The first-order valence-electron chi connectivity index (χ1n) is 9.12. The lowest BCUT2D eigenvalue weighted by Gasteiger charge is -2.25. The molecular weight excluding hydrogens is 370 g/mol. The SMILES string of the molecule is CCOC(=O)c1[nH]c(C)c(C(=O)N2C[C@H]3[C@H](N(C)C)CS(=O)(=O)[C@H]3C2)c1C. The minimum Gasteiger partial charge on any atom is -0.461 e. The fraction of sp³-hybridized carbons (Fsp3) is 0.667. The summed E-state index contributed by atoms with van der Waals surface area (Å²) in [5, 5.41) is -0.516. The van der Waals surface area contributed by atoms with Gasteiger partial charge < -0.3 is 19.5 Å². The molecule has 0 saturated carbocycles. The summed E-state index contributed by atoms with van der Waals surface area (Å²) in [6.45, 7) is 6.02. The lowest BCUT2D eigenvalue weighted by Crippen LogP contribution is -2.38. The molecule has 8 nitrogen and oxygen atoms in total. The molecule has 3 atom stereocenters. The third-order valence-corrected chi connectivity index (χ3v) is 7.98. The van der Waals surface area contributed by atoms with E-state index in [4.69, 9.17) is 4.74 Å². The first kappa shape index (κ1) is 19.9. The van der Waals surface area contributed by atoms with Gasteiger partial charge in [0.1, 0.15) is 5.69 Å². The number of aromatic amines is 1. The quantitative estimate of drug-likeness (QED) is 0.747. The second kappa shape index (κ2) is 6.94. The molecule has 1 amide bonds. The molecule has 0 spiro atoms. The maximum absolute atomic E-state index is 13.1. The minimum absolute atomic E-state index is 0.0821. The third kappa shape index (κ3) is 3.27. The van der Waals surface area contributed by atoms with Crippen molar-refractivity contribution in [2.24, 2.45) is 5.92 Å². The van der Waals surface area contributed by atoms with E-state index in [9.17, 15) is 18.0 Å². The van der Waals surface area contributed by atoms with E-state index >= 15 is 0 Å². The first-order chi connectivity index (χ1) is 12.6. The Morgan fingerprint density at radius 2 is 1.93 bits per heavy atom. The van der Waals surface area contributed by atoms with Gasteiger partial charge in [0.15, 0.2) is 9.84 Å². The second-order valence-electron chi connectivity index (χ2n) is 7.62. The number of hydrogen-bond donors (Lipinski definition) is 1. The number of amides is 1. The van der Waals surface area contributed by atoms with E-state index in [-0.39, 0.29) is 42.5 Å². The molecule has 1 aromatic heterocycles. The number of nitrogens with zero attached hydrogens (tertiary/aromatic N) is 2. The number of rotatable bonds is 4. The van der Waals surface area contributed by atoms with Crippen molar-refractivity contribution in [2.75, 3.05) is 39.5 Å². The van der Waals surface area contributed by atoms with Crippen molar-refractivity contribution < 1.29 is 22.7 Å². The number of likely N-dealkylation sites (tertiary alicyclic amines) is 1. The van der Waals surface area contributed by atoms with Gasteiger partial charge in [-0.05, 0) is 40.4 Å². The van der Waals surface area contributed by atoms with Crippen molar-refractivity contribution in [3.63, 3.8) is 0 Å². The zero-order chi connectivity index (χ0) is 20.1. The van der Waals surface area contributed by atoms with Gasteiger partial charge in [-0.25, -0.2) is 13.2 Å². The van der Waals surface area contributed by atoms with E-state index in [2.05, 4.69) is 4.98 Å². The Kier molecular flexibility index (Phi) is 5.11. The third-order valence-electron chi connectivity index (χ3n) is 5.75. The maximum atomic E-state index is 13.1. The molecule has 0 bridgehead atoms. The zero-order valence-corrected chi connectivity index (χ0v) is 17.2. The van der Waals surface area contributed by atoms with Crippen LogP contribution in [0.2, 0.25) is 0 Å². The molecule has 3 rings (SSSR count). The number of nitrogens with one attached hydrogen (secondary N) is 1. The zero-order valence-electron chi connectivity index (χ0n) is 16.4. The molecule has 0 aliphatic carbocycles. The van der Waals surface area contributed by atoms with Gasteiger partial charge in [0, 0.05) is 30.7 Å². The Balaban J connectivity index is 1.87. The standard InChI is InChI=1S/C18H27N3O5S/c1-6-26-18(23)16-10(2)15(11(3)19-16)17(22)21-7-12-13(20(4)5)9-27(24,25)14(12)8-21/h12-14,19H,6-9H2,1-5H3/t12-,13+,14-/m0/s1. The van der Waals surface area contributed by atoms with Gasteiger partial charge in [-0.2, -0.15) is 0 Å². The fourth-order valence-electron chi connectivity index (χ4n) is 4.37. The maximum Gasteiger partial charge on any atom is 0.355 e. The second-order valence-corrected chi connectivity index (χ2v) is 9.88. The fourth-order valence-corrected chi connectivity index (χ4v) is 6.84. The summed E-state index contributed by atoms with van der Waals surface area (Å²) in [4.78, 5) is 31.7. The van der Waals surface area contributed by atoms with E-state index in [1.54, 1.807) is 25.7 Å². The predicted molar refractivity (Wildman–Crippen MR) is 101 cm³/mol. The van der Waals surface area contributed by atoms with Gasteiger partial charge in [0.25, 0.3) is 5.91 Å². The van der Waals surface area contributed by atoms with E-state index in [0.717, 1.165) is 0 Å². The summed E-state index contributed by atoms with van der Waals surface area (Å²) < 4.78 is 30.1. The molecule has 2 saturated heterocycles. The van der Waals surface area contributed by atoms with Crippen LogP contribution >= 0.6 is 0 Å². The van der Waals surface area contributed by atoms with Crippen LogP contribution in [0.4, 0.5) is 0 Å². The number of aromatic nitrogens is 1. The van der Waals surface area contributed by atoms with Crippen molar-refractivity contribution >= 4 is 21.7 Å². The number of ether oxygens (including phenoxy) is 1. The Morgan fingerprint density at radius 1 is 1.26 bits per heavy atom. The molecule has 2 fully saturated rings. The van der Waals surface area contributed by atoms with Crippen LogP contribution in [0.25, 0.3) is 0 Å². The highest BCUT2D eigenvalue weighted by atomic mass is 32.2. The summed E-state index contributed by atoms with van der Waals surface area (Å²) in [7, 11) is 0.528. The lowest BCUT2D eigenvalue weighted by atomic mass is 10.00. The number of sulfone groups is 1. The van der Waals surface area contributed by atoms with E-state index < -0.39 is 21.1 Å². The molecule has 150 valence electrons. The van der Waals surface area contributed by atoms with Gasteiger partial charge in [0.05, 0.1) is 23.2 Å². The van der Waals surface area contributed by atoms with Crippen LogP contribution in [0.15, 0.2) is 0 Å². The predicted octanol–water partition coefficient (Wildman–Crippen LogP) is 0.607. The molecule has 1 N–H and O–H groups in total. The summed E-state index contributed by atoms with van der Waals surface area (Å²) >= 11 is 0. The number of aryl methyl sites for hydroxylation is 1. The summed E-state index contributed by atoms with van der Waals surface area (Å²) in [6, 6.07) is -0.0821. The first-order valence-corrected chi connectivity index (χ1v) is 10.8. The molecule has 2 aliphatic rings. The molecule has 2 aliphatic heterocycles. The monoisotopic (exact) mass is 397 g/mol. The van der Waals surface area contributed by atoms with Crippen molar-refractivity contribution in [3.05, 3.63) is 22.5 Å². The van der Waals surface area contributed by atoms with Crippen LogP contribution < -0.4 is 0 Å². The molecule has 3 heterocycles. The molecule has 0 aromatic carbocycles. The molecule has 27 heavy (non-hydrogen) atoms. The average Bonchev–Trinajstić information content (AvgIpc) is 3.20. The van der Waals surface area contributed by atoms with Crippen molar-refractivity contribution in [2.45, 2.75) is 32.1 Å². The molecule has 0 radical (unpaired) electrons. The van der Waals surface area contributed by atoms with E-state index in [0.29, 0.717) is 23.4 Å². The molecule has 9 heteroatoms. The van der Waals surface area contributed by atoms with E-state index in [1.165, 1.54) is 0 Å². The lowest BCUT2D eigenvalue weighted by molar-refractivity contribution is 0.0519. The Labute approximate surface area is 159 Å². The Bertz CT molecular complexity index is 874. The topological polar surface area (TPSA) is 99.8 Å². The number of carbonyl (C=O) groups is 2. The summed E-state index contributed by atoms with van der Waals surface area (Å²) in [6.07, 6.45) is 0. The van der Waals surface area contributed by atoms with Gasteiger partial charge >= 0.3 is 5.97 Å². The Hall–Kier alpha value is -1.87. The van der Waals surface area contributed by atoms with Gasteiger partial charge in [-0.1, -0.05) is 0 Å². The van der Waals surface area contributed by atoms with Crippen molar-refractivity contribution in [3.8, 4) is 0 Å². The van der Waals surface area contributed by atoms with Gasteiger partial charge in [0.2, 0.25) is 0 Å². The van der Waals surface area contributed by atoms with Crippen LogP contribution in [-0.4, -0.2) is 85.9 Å². The highest BCUT2D eigenvalue weighted by molar-refractivity contribution is 7.92. The highest BCUT2D eigenvalue weighted by Crippen LogP contribution is 2.37. The van der Waals surface area contributed by atoms with Crippen LogP contribution in [0.5, 0.6) is 0 Å². The molecule has 1 aromatic rings. The van der Waals surface area contributed by atoms with Gasteiger partial charge in [-0.15, -0.1) is 0 Å². The highest BCUT2D eigenvalue weighted by Gasteiger charge is 2.53. The Morgan fingerprint density at radius 3 is 2.52 bits per heavy atom. The summed E-state index contributed by atoms with van der Waals surface area (Å²) in [5.41, 5.74) is 1.83. The van der Waals surface area contributed by atoms with Crippen LogP contribution in [0.1, 0.15) is 39.0 Å². The van der Waals surface area contributed by atoms with Crippen molar-refractivity contribution in [1.29, 1.82) is 0 Å². The number of hydrogen-bond acceptors (Lipinski definition) is 6. The summed E-state index contributed by atoms with van der Waals surface area (Å²) in [5.74, 6) is -0.672. The van der Waals surface area contributed by atoms with Crippen LogP contribution in [0, 0.1) is 19.8 Å². The number of esters is 1. The average molecular weight is 397 g/mol. The molecular formula is C18H27N3O5S. The van der Waals surface area contributed by atoms with Crippen LogP contribution in [-0.2, 0) is 14.6 Å².